The second-order valence-corrected chi connectivity index (χ2v) is 6.25. The minimum Gasteiger partial charge on any atom is -0.381 e. The van der Waals surface area contributed by atoms with Gasteiger partial charge >= 0.3 is 0 Å². The van der Waals surface area contributed by atoms with E-state index in [0.717, 1.165) is 45.7 Å². The van der Waals surface area contributed by atoms with Gasteiger partial charge in [0.1, 0.15) is 0 Å². The third-order valence-electron chi connectivity index (χ3n) is 4.25. The Hall–Kier alpha value is -0.610. The van der Waals surface area contributed by atoms with Gasteiger partial charge in [-0.05, 0) is 31.6 Å². The van der Waals surface area contributed by atoms with Crippen molar-refractivity contribution in [3.05, 3.63) is 0 Å². The molecule has 0 radical (unpaired) electrons. The van der Waals surface area contributed by atoms with Gasteiger partial charge in [0.05, 0.1) is 6.61 Å². The molecule has 2 heterocycles. The number of nitrogens with zero attached hydrogens (tertiary/aromatic N) is 1. The van der Waals surface area contributed by atoms with Crippen molar-refractivity contribution in [2.45, 2.75) is 45.6 Å². The molecule has 0 bridgehead atoms. The minimum atomic E-state index is 0.129. The second kappa shape index (κ2) is 7.25. The Morgan fingerprint density at radius 1 is 1.32 bits per heavy atom. The Labute approximate surface area is 116 Å². The molecule has 4 nitrogen and oxygen atoms in total. The number of nitrogens with one attached hydrogen (secondary N) is 1. The zero-order valence-corrected chi connectivity index (χ0v) is 12.4. The van der Waals surface area contributed by atoms with Crippen LogP contribution in [0, 0.1) is 11.8 Å². The van der Waals surface area contributed by atoms with Crippen LogP contribution in [0.4, 0.5) is 0 Å². The van der Waals surface area contributed by atoms with Crippen LogP contribution in [0.2, 0.25) is 0 Å². The smallest absolute Gasteiger partial charge is 0.225 e. The molecule has 1 unspecified atom stereocenters. The van der Waals surface area contributed by atoms with Gasteiger partial charge in [-0.3, -0.25) is 4.79 Å². The van der Waals surface area contributed by atoms with E-state index in [4.69, 9.17) is 4.74 Å². The molecule has 0 aromatic rings. The van der Waals surface area contributed by atoms with Crippen molar-refractivity contribution < 1.29 is 9.53 Å². The number of rotatable bonds is 4. The normalized spacial score (nSPS) is 25.8. The summed E-state index contributed by atoms with van der Waals surface area (Å²) in [7, 11) is 0. The van der Waals surface area contributed by atoms with Gasteiger partial charge in [0.15, 0.2) is 0 Å². The summed E-state index contributed by atoms with van der Waals surface area (Å²) in [5.74, 6) is 1.12. The van der Waals surface area contributed by atoms with E-state index in [2.05, 4.69) is 5.32 Å². The third kappa shape index (κ3) is 4.46. The van der Waals surface area contributed by atoms with E-state index in [1.807, 2.05) is 18.7 Å². The second-order valence-electron chi connectivity index (χ2n) is 6.25. The lowest BCUT2D eigenvalue weighted by molar-refractivity contribution is -0.135. The maximum Gasteiger partial charge on any atom is 0.225 e. The van der Waals surface area contributed by atoms with Gasteiger partial charge in [-0.1, -0.05) is 13.8 Å². The van der Waals surface area contributed by atoms with Gasteiger partial charge in [0.25, 0.3) is 0 Å². The van der Waals surface area contributed by atoms with Crippen molar-refractivity contribution in [2.24, 2.45) is 11.8 Å². The monoisotopic (exact) mass is 268 g/mol. The summed E-state index contributed by atoms with van der Waals surface area (Å²) in [6, 6.07) is 0.582. The standard InChI is InChI=1S/C15H28N2O2/c1-12(2)15(18)17-7-5-14(6-8-17)16-10-13-4-3-9-19-11-13/h12-14,16H,3-11H2,1-2H3. The van der Waals surface area contributed by atoms with E-state index < -0.39 is 0 Å². The number of ether oxygens (including phenoxy) is 1. The van der Waals surface area contributed by atoms with Crippen LogP contribution in [0.5, 0.6) is 0 Å². The molecule has 2 fully saturated rings. The molecule has 19 heavy (non-hydrogen) atoms. The molecule has 1 N–H and O–H groups in total. The van der Waals surface area contributed by atoms with Crippen molar-refractivity contribution in [1.82, 2.24) is 10.2 Å². The van der Waals surface area contributed by atoms with Crippen LogP contribution in [0.15, 0.2) is 0 Å². The molecule has 0 aliphatic carbocycles. The highest BCUT2D eigenvalue weighted by Gasteiger charge is 2.24. The zero-order valence-electron chi connectivity index (χ0n) is 12.4. The highest BCUT2D eigenvalue weighted by atomic mass is 16.5. The average molecular weight is 268 g/mol. The molecule has 0 spiro atoms. The van der Waals surface area contributed by atoms with Gasteiger partial charge in [0, 0.05) is 38.2 Å². The van der Waals surface area contributed by atoms with Gasteiger partial charge in [-0.15, -0.1) is 0 Å². The molecular formula is C15H28N2O2. The fraction of sp³-hybridized carbons (Fsp3) is 0.933. The Morgan fingerprint density at radius 2 is 2.05 bits per heavy atom. The number of amides is 1. The van der Waals surface area contributed by atoms with E-state index in [0.29, 0.717) is 17.9 Å². The molecule has 2 rings (SSSR count). The predicted molar refractivity (Wildman–Crippen MR) is 76.0 cm³/mol. The van der Waals surface area contributed by atoms with Crippen LogP contribution in [0.3, 0.4) is 0 Å². The van der Waals surface area contributed by atoms with Crippen LogP contribution in [0.1, 0.15) is 39.5 Å². The Morgan fingerprint density at radius 3 is 2.63 bits per heavy atom. The molecule has 1 amide bonds. The number of hydrogen-bond donors (Lipinski definition) is 1. The van der Waals surface area contributed by atoms with Gasteiger partial charge in [-0.2, -0.15) is 0 Å². The lowest BCUT2D eigenvalue weighted by Gasteiger charge is -2.34. The molecule has 2 aliphatic heterocycles. The molecule has 0 saturated carbocycles. The molecule has 0 aromatic heterocycles. The van der Waals surface area contributed by atoms with Crippen LogP contribution in [0.25, 0.3) is 0 Å². The van der Waals surface area contributed by atoms with Crippen LogP contribution in [-0.2, 0) is 9.53 Å². The first-order valence-electron chi connectivity index (χ1n) is 7.76. The summed E-state index contributed by atoms with van der Waals surface area (Å²) in [5.41, 5.74) is 0. The fourth-order valence-electron chi connectivity index (χ4n) is 2.97. The highest BCUT2D eigenvalue weighted by molar-refractivity contribution is 5.78. The number of carbonyl (C=O) groups is 1. The molecule has 0 aromatic carbocycles. The molecule has 1 atom stereocenters. The maximum atomic E-state index is 11.9. The van der Waals surface area contributed by atoms with E-state index >= 15 is 0 Å². The van der Waals surface area contributed by atoms with Gasteiger partial charge in [-0.25, -0.2) is 0 Å². The Kier molecular flexibility index (Phi) is 5.64. The lowest BCUT2D eigenvalue weighted by Crippen LogP contribution is -2.47. The van der Waals surface area contributed by atoms with Crippen molar-refractivity contribution in [2.75, 3.05) is 32.8 Å². The number of carbonyl (C=O) groups excluding carboxylic acids is 1. The molecule has 2 saturated heterocycles. The number of hydrogen-bond acceptors (Lipinski definition) is 3. The largest absolute Gasteiger partial charge is 0.381 e. The molecule has 110 valence electrons. The molecule has 4 heteroatoms. The Balaban J connectivity index is 1.64. The average Bonchev–Trinajstić information content (AvgIpc) is 2.46. The lowest BCUT2D eigenvalue weighted by atomic mass is 9.99. The van der Waals surface area contributed by atoms with E-state index in [1.54, 1.807) is 0 Å². The summed E-state index contributed by atoms with van der Waals surface area (Å²) in [4.78, 5) is 13.9. The first kappa shape index (κ1) is 14.8. The van der Waals surface area contributed by atoms with Crippen LogP contribution < -0.4 is 5.32 Å². The summed E-state index contributed by atoms with van der Waals surface area (Å²) < 4.78 is 5.50. The molecular weight excluding hydrogens is 240 g/mol. The topological polar surface area (TPSA) is 41.6 Å². The third-order valence-corrected chi connectivity index (χ3v) is 4.25. The fourth-order valence-corrected chi connectivity index (χ4v) is 2.97. The van der Waals surface area contributed by atoms with Crippen LogP contribution in [-0.4, -0.2) is 49.7 Å². The zero-order chi connectivity index (χ0) is 13.7. The van der Waals surface area contributed by atoms with Crippen molar-refractivity contribution >= 4 is 5.91 Å². The van der Waals surface area contributed by atoms with Crippen LogP contribution >= 0.6 is 0 Å². The van der Waals surface area contributed by atoms with E-state index in [9.17, 15) is 4.79 Å². The highest BCUT2D eigenvalue weighted by Crippen LogP contribution is 2.16. The summed E-state index contributed by atoms with van der Waals surface area (Å²) in [5, 5.41) is 3.66. The summed E-state index contributed by atoms with van der Waals surface area (Å²) in [6.07, 6.45) is 4.67. The van der Waals surface area contributed by atoms with Gasteiger partial charge < -0.3 is 15.0 Å². The van der Waals surface area contributed by atoms with Gasteiger partial charge in [0.2, 0.25) is 5.91 Å². The van der Waals surface area contributed by atoms with Crippen molar-refractivity contribution in [1.29, 1.82) is 0 Å². The summed E-state index contributed by atoms with van der Waals surface area (Å²) >= 11 is 0. The molecule has 2 aliphatic rings. The van der Waals surface area contributed by atoms with E-state index in [1.165, 1.54) is 12.8 Å². The van der Waals surface area contributed by atoms with E-state index in [-0.39, 0.29) is 5.92 Å². The van der Waals surface area contributed by atoms with Crippen molar-refractivity contribution in [3.63, 3.8) is 0 Å². The van der Waals surface area contributed by atoms with Crippen molar-refractivity contribution in [3.8, 4) is 0 Å². The quantitative estimate of drug-likeness (QED) is 0.843. The summed E-state index contributed by atoms with van der Waals surface area (Å²) in [6.45, 7) is 8.71. The predicted octanol–water partition coefficient (Wildman–Crippen LogP) is 1.65. The number of likely N-dealkylation sites (tertiary alicyclic amines) is 1. The number of piperidine rings is 1. The minimum absolute atomic E-state index is 0.129. The SMILES string of the molecule is CC(C)C(=O)N1CCC(NCC2CCCOC2)CC1. The first-order valence-corrected chi connectivity index (χ1v) is 7.76. The maximum absolute atomic E-state index is 11.9. The first-order chi connectivity index (χ1) is 9.16. The Bertz CT molecular complexity index is 280.